The highest BCUT2D eigenvalue weighted by molar-refractivity contribution is 5.74. The van der Waals surface area contributed by atoms with Crippen LogP contribution in [0.1, 0.15) is 46.6 Å². The van der Waals surface area contributed by atoms with Crippen molar-refractivity contribution in [3.05, 3.63) is 42.0 Å². The Labute approximate surface area is 127 Å². The summed E-state index contributed by atoms with van der Waals surface area (Å²) in [6.45, 7) is 9.82. The maximum Gasteiger partial charge on any atom is 0.411 e. The van der Waals surface area contributed by atoms with Crippen molar-refractivity contribution in [3.8, 4) is 0 Å². The van der Waals surface area contributed by atoms with E-state index in [0.29, 0.717) is 0 Å². The van der Waals surface area contributed by atoms with Crippen molar-refractivity contribution < 1.29 is 9.53 Å². The summed E-state index contributed by atoms with van der Waals surface area (Å²) in [6.07, 6.45) is 2.79. The molecule has 0 N–H and O–H groups in total. The minimum atomic E-state index is -0.458. The molecule has 2 unspecified atom stereocenters. The molecule has 1 heterocycles. The summed E-state index contributed by atoms with van der Waals surface area (Å²) in [7, 11) is 0. The fraction of sp³-hybridized carbons (Fsp3) is 0.500. The van der Waals surface area contributed by atoms with Gasteiger partial charge in [-0.1, -0.05) is 36.4 Å². The zero-order chi connectivity index (χ0) is 15.6. The van der Waals surface area contributed by atoms with Crippen LogP contribution >= 0.6 is 0 Å². The van der Waals surface area contributed by atoms with Crippen molar-refractivity contribution in [2.24, 2.45) is 0 Å². The van der Waals surface area contributed by atoms with Crippen LogP contribution in [0.4, 0.5) is 4.79 Å². The Morgan fingerprint density at radius 3 is 2.33 bits per heavy atom. The molecule has 3 nitrogen and oxygen atoms in total. The molecular weight excluding hydrogens is 262 g/mol. The average Bonchev–Trinajstić information content (AvgIpc) is 2.36. The Morgan fingerprint density at radius 1 is 1.19 bits per heavy atom. The molecule has 0 spiro atoms. The van der Waals surface area contributed by atoms with Crippen LogP contribution in [0.5, 0.6) is 0 Å². The number of carbonyl (C=O) groups excluding carboxylic acids is 1. The Balaban J connectivity index is 2.19. The Hall–Kier alpha value is -1.77. The summed E-state index contributed by atoms with van der Waals surface area (Å²) in [5.41, 5.74) is 2.08. The zero-order valence-electron chi connectivity index (χ0n) is 13.6. The Bertz CT molecular complexity index is 528. The fourth-order valence-corrected chi connectivity index (χ4v) is 2.78. The number of hydrogen-bond acceptors (Lipinski definition) is 2. The van der Waals surface area contributed by atoms with Crippen molar-refractivity contribution >= 4 is 11.7 Å². The van der Waals surface area contributed by atoms with E-state index in [9.17, 15) is 4.79 Å². The average molecular weight is 287 g/mol. The second-order valence-electron chi connectivity index (χ2n) is 6.74. The molecule has 2 atom stereocenters. The Kier molecular flexibility index (Phi) is 4.40. The van der Waals surface area contributed by atoms with E-state index in [1.807, 2.05) is 50.8 Å². The molecule has 0 saturated carbocycles. The minimum absolute atomic E-state index is 0.0406. The molecule has 1 aromatic carbocycles. The second-order valence-corrected chi connectivity index (χ2v) is 6.74. The molecule has 0 aromatic heterocycles. The molecule has 3 heteroatoms. The third-order valence-corrected chi connectivity index (χ3v) is 3.62. The van der Waals surface area contributed by atoms with Gasteiger partial charge < -0.3 is 4.74 Å². The van der Waals surface area contributed by atoms with Crippen LogP contribution in [-0.4, -0.2) is 28.7 Å². The van der Waals surface area contributed by atoms with Gasteiger partial charge in [-0.05, 0) is 52.2 Å². The van der Waals surface area contributed by atoms with Gasteiger partial charge in [0.05, 0.1) is 6.04 Å². The third-order valence-electron chi connectivity index (χ3n) is 3.62. The molecular formula is C18H25NO2. The lowest BCUT2D eigenvalue weighted by Crippen LogP contribution is -2.48. The number of amides is 1. The molecule has 1 aliphatic rings. The van der Waals surface area contributed by atoms with E-state index >= 15 is 0 Å². The van der Waals surface area contributed by atoms with Gasteiger partial charge in [-0.3, -0.25) is 4.90 Å². The first-order valence-electron chi connectivity index (χ1n) is 7.55. The molecule has 0 aliphatic carbocycles. The number of hydrogen-bond donors (Lipinski definition) is 0. The van der Waals surface area contributed by atoms with E-state index in [4.69, 9.17) is 4.74 Å². The smallest absolute Gasteiger partial charge is 0.411 e. The second kappa shape index (κ2) is 5.92. The van der Waals surface area contributed by atoms with Crippen LogP contribution in [0.15, 0.2) is 36.4 Å². The molecule has 0 bridgehead atoms. The first kappa shape index (κ1) is 15.6. The van der Waals surface area contributed by atoms with Gasteiger partial charge in [0.1, 0.15) is 5.60 Å². The summed E-state index contributed by atoms with van der Waals surface area (Å²) in [4.78, 5) is 14.2. The third kappa shape index (κ3) is 3.87. The van der Waals surface area contributed by atoms with E-state index < -0.39 is 5.60 Å². The molecule has 1 aliphatic heterocycles. The summed E-state index contributed by atoms with van der Waals surface area (Å²) < 4.78 is 5.52. The van der Waals surface area contributed by atoms with E-state index in [2.05, 4.69) is 25.1 Å². The quantitative estimate of drug-likeness (QED) is 0.761. The summed E-state index contributed by atoms with van der Waals surface area (Å²) in [5.74, 6) is 0. The molecule has 0 fully saturated rings. The van der Waals surface area contributed by atoms with Crippen molar-refractivity contribution in [3.63, 3.8) is 0 Å². The fourth-order valence-electron chi connectivity index (χ4n) is 2.78. The van der Waals surface area contributed by atoms with Crippen LogP contribution in [0.2, 0.25) is 0 Å². The molecule has 2 rings (SSSR count). The number of rotatable bonds is 1. The van der Waals surface area contributed by atoms with Crippen molar-refractivity contribution in [1.82, 2.24) is 4.90 Å². The van der Waals surface area contributed by atoms with Gasteiger partial charge in [0.2, 0.25) is 0 Å². The molecule has 0 saturated heterocycles. The standard InChI is InChI=1S/C18H25NO2/c1-13-11-16(15-9-7-6-8-10-15)12-14(2)19(13)17(20)21-18(3,4)5/h6-11,13-14H,12H2,1-5H3. The van der Waals surface area contributed by atoms with Crippen LogP contribution < -0.4 is 0 Å². The summed E-state index contributed by atoms with van der Waals surface area (Å²) >= 11 is 0. The van der Waals surface area contributed by atoms with Gasteiger partial charge in [-0.25, -0.2) is 4.79 Å². The number of benzene rings is 1. The number of carbonyl (C=O) groups is 1. The zero-order valence-corrected chi connectivity index (χ0v) is 13.6. The van der Waals surface area contributed by atoms with Crippen LogP contribution in [0, 0.1) is 0 Å². The maximum absolute atomic E-state index is 12.4. The first-order valence-corrected chi connectivity index (χ1v) is 7.55. The molecule has 1 amide bonds. The highest BCUT2D eigenvalue weighted by Crippen LogP contribution is 2.30. The van der Waals surface area contributed by atoms with Gasteiger partial charge in [0, 0.05) is 6.04 Å². The minimum Gasteiger partial charge on any atom is -0.444 e. The normalized spacial score (nSPS) is 22.7. The van der Waals surface area contributed by atoms with Crippen LogP contribution in [0.3, 0.4) is 0 Å². The van der Waals surface area contributed by atoms with Crippen LogP contribution in [-0.2, 0) is 4.74 Å². The van der Waals surface area contributed by atoms with E-state index in [1.54, 1.807) is 0 Å². The monoisotopic (exact) mass is 287 g/mol. The van der Waals surface area contributed by atoms with Crippen molar-refractivity contribution in [2.45, 2.75) is 58.7 Å². The van der Waals surface area contributed by atoms with E-state index in [0.717, 1.165) is 6.42 Å². The van der Waals surface area contributed by atoms with Crippen molar-refractivity contribution in [2.75, 3.05) is 0 Å². The lowest BCUT2D eigenvalue weighted by Gasteiger charge is -2.38. The predicted octanol–water partition coefficient (Wildman–Crippen LogP) is 4.49. The Morgan fingerprint density at radius 2 is 1.81 bits per heavy atom. The van der Waals surface area contributed by atoms with Gasteiger partial charge in [0.25, 0.3) is 0 Å². The molecule has 21 heavy (non-hydrogen) atoms. The summed E-state index contributed by atoms with van der Waals surface area (Å²) in [6, 6.07) is 10.5. The number of nitrogens with zero attached hydrogens (tertiary/aromatic N) is 1. The summed E-state index contributed by atoms with van der Waals surface area (Å²) in [5, 5.41) is 0. The van der Waals surface area contributed by atoms with Gasteiger partial charge in [0.15, 0.2) is 0 Å². The lowest BCUT2D eigenvalue weighted by atomic mass is 9.92. The predicted molar refractivity (Wildman–Crippen MR) is 86.0 cm³/mol. The molecule has 114 valence electrons. The van der Waals surface area contributed by atoms with Gasteiger partial charge in [-0.15, -0.1) is 0 Å². The largest absolute Gasteiger partial charge is 0.444 e. The van der Waals surface area contributed by atoms with Gasteiger partial charge in [-0.2, -0.15) is 0 Å². The molecule has 0 radical (unpaired) electrons. The highest BCUT2D eigenvalue weighted by atomic mass is 16.6. The van der Waals surface area contributed by atoms with E-state index in [1.165, 1.54) is 11.1 Å². The molecule has 1 aromatic rings. The van der Waals surface area contributed by atoms with Crippen LogP contribution in [0.25, 0.3) is 5.57 Å². The SMILES string of the molecule is CC1C=C(c2ccccc2)CC(C)N1C(=O)OC(C)(C)C. The van der Waals surface area contributed by atoms with E-state index in [-0.39, 0.29) is 18.2 Å². The highest BCUT2D eigenvalue weighted by Gasteiger charge is 2.32. The lowest BCUT2D eigenvalue weighted by molar-refractivity contribution is 0.0123. The maximum atomic E-state index is 12.4. The first-order chi connectivity index (χ1) is 9.78. The van der Waals surface area contributed by atoms with Gasteiger partial charge >= 0.3 is 6.09 Å². The number of ether oxygens (including phenoxy) is 1. The van der Waals surface area contributed by atoms with Crippen molar-refractivity contribution in [1.29, 1.82) is 0 Å². The topological polar surface area (TPSA) is 29.5 Å².